The van der Waals surface area contributed by atoms with Gasteiger partial charge in [0.1, 0.15) is 0 Å². The van der Waals surface area contributed by atoms with Gasteiger partial charge in [-0.15, -0.1) is 0 Å². The number of esters is 1. The lowest BCUT2D eigenvalue weighted by molar-refractivity contribution is -0.146. The van der Waals surface area contributed by atoms with E-state index in [1.807, 2.05) is 6.92 Å². The third kappa shape index (κ3) is 3.42. The smallest absolute Gasteiger partial charge is 0.307 e. The Hall–Kier alpha value is -0.610. The minimum Gasteiger partial charge on any atom is -0.466 e. The fourth-order valence-corrected chi connectivity index (χ4v) is 2.95. The van der Waals surface area contributed by atoms with Gasteiger partial charge < -0.3 is 9.64 Å². The topological polar surface area (TPSA) is 32.8 Å². The van der Waals surface area contributed by atoms with Gasteiger partial charge in [-0.25, -0.2) is 0 Å². The van der Waals surface area contributed by atoms with Crippen LogP contribution < -0.4 is 0 Å². The lowest BCUT2D eigenvalue weighted by Gasteiger charge is -2.39. The zero-order chi connectivity index (χ0) is 12.9. The van der Waals surface area contributed by atoms with E-state index in [4.69, 9.17) is 4.74 Å². The van der Waals surface area contributed by atoms with Crippen molar-refractivity contribution in [3.05, 3.63) is 0 Å². The van der Waals surface area contributed by atoms with Crippen LogP contribution in [0, 0.1) is 0 Å². The van der Waals surface area contributed by atoms with Gasteiger partial charge in [0.2, 0.25) is 0 Å². The normalized spacial score (nSPS) is 25.5. The molecule has 0 spiro atoms. The van der Waals surface area contributed by atoms with Crippen molar-refractivity contribution in [2.24, 2.45) is 0 Å². The molecule has 0 N–H and O–H groups in total. The molecule has 1 aliphatic rings. The number of hydrogen-bond donors (Lipinski definition) is 0. The molecular formula is C13H26N2O2. The van der Waals surface area contributed by atoms with E-state index >= 15 is 0 Å². The standard InChI is InChI=1S/C13H26N2O2/c1-5-15(6-2)13(8-9-14(4)11-13)10-12(16)17-7-3/h5-11H2,1-4H3. The Balaban J connectivity index is 2.76. The van der Waals surface area contributed by atoms with Crippen LogP contribution >= 0.6 is 0 Å². The van der Waals surface area contributed by atoms with Crippen molar-refractivity contribution in [3.8, 4) is 0 Å². The Bertz CT molecular complexity index is 254. The molecule has 0 aromatic rings. The van der Waals surface area contributed by atoms with Gasteiger partial charge in [0.15, 0.2) is 0 Å². The van der Waals surface area contributed by atoms with Gasteiger partial charge in [-0.3, -0.25) is 9.69 Å². The van der Waals surface area contributed by atoms with Crippen molar-refractivity contribution >= 4 is 5.97 Å². The molecule has 1 heterocycles. The molecule has 0 saturated carbocycles. The molecule has 0 bridgehead atoms. The summed E-state index contributed by atoms with van der Waals surface area (Å²) in [6.45, 7) is 10.7. The summed E-state index contributed by atoms with van der Waals surface area (Å²) in [7, 11) is 2.12. The molecule has 0 radical (unpaired) electrons. The van der Waals surface area contributed by atoms with Gasteiger partial charge >= 0.3 is 5.97 Å². The molecule has 0 aromatic heterocycles. The van der Waals surface area contributed by atoms with E-state index in [2.05, 4.69) is 30.7 Å². The third-order valence-corrected chi connectivity index (χ3v) is 3.74. The van der Waals surface area contributed by atoms with E-state index in [0.29, 0.717) is 13.0 Å². The zero-order valence-electron chi connectivity index (χ0n) is 11.7. The highest BCUT2D eigenvalue weighted by molar-refractivity contribution is 5.71. The van der Waals surface area contributed by atoms with Crippen molar-refractivity contribution in [2.45, 2.75) is 39.2 Å². The molecule has 0 aliphatic carbocycles. The van der Waals surface area contributed by atoms with E-state index < -0.39 is 0 Å². The fraction of sp³-hybridized carbons (Fsp3) is 0.923. The fourth-order valence-electron chi connectivity index (χ4n) is 2.95. The molecule has 100 valence electrons. The highest BCUT2D eigenvalue weighted by atomic mass is 16.5. The average Bonchev–Trinajstić information content (AvgIpc) is 2.62. The van der Waals surface area contributed by atoms with Gasteiger partial charge in [-0.2, -0.15) is 0 Å². The summed E-state index contributed by atoms with van der Waals surface area (Å²) in [5.41, 5.74) is -0.00942. The predicted octanol–water partition coefficient (Wildman–Crippen LogP) is 1.36. The lowest BCUT2D eigenvalue weighted by Crippen LogP contribution is -2.51. The number of rotatable bonds is 6. The van der Waals surface area contributed by atoms with Crippen LogP contribution in [-0.4, -0.2) is 61.1 Å². The number of likely N-dealkylation sites (N-methyl/N-ethyl adjacent to an activating group) is 2. The van der Waals surface area contributed by atoms with Crippen molar-refractivity contribution in [1.82, 2.24) is 9.80 Å². The van der Waals surface area contributed by atoms with Gasteiger partial charge in [0.05, 0.1) is 13.0 Å². The summed E-state index contributed by atoms with van der Waals surface area (Å²) in [5.74, 6) is -0.0605. The summed E-state index contributed by atoms with van der Waals surface area (Å²) in [4.78, 5) is 16.5. The van der Waals surface area contributed by atoms with Crippen LogP contribution in [0.5, 0.6) is 0 Å². The maximum absolute atomic E-state index is 11.8. The molecule has 0 aromatic carbocycles. The molecule has 4 nitrogen and oxygen atoms in total. The van der Waals surface area contributed by atoms with E-state index in [1.165, 1.54) is 0 Å². The Morgan fingerprint density at radius 3 is 2.41 bits per heavy atom. The summed E-state index contributed by atoms with van der Waals surface area (Å²) in [6.07, 6.45) is 1.58. The third-order valence-electron chi connectivity index (χ3n) is 3.74. The van der Waals surface area contributed by atoms with Crippen molar-refractivity contribution in [2.75, 3.05) is 39.8 Å². The first-order chi connectivity index (χ1) is 8.07. The van der Waals surface area contributed by atoms with Crippen molar-refractivity contribution in [1.29, 1.82) is 0 Å². The molecule has 1 rings (SSSR count). The Morgan fingerprint density at radius 1 is 1.35 bits per heavy atom. The Morgan fingerprint density at radius 2 is 2.00 bits per heavy atom. The van der Waals surface area contributed by atoms with E-state index in [9.17, 15) is 4.79 Å². The quantitative estimate of drug-likeness (QED) is 0.658. The summed E-state index contributed by atoms with van der Waals surface area (Å²) < 4.78 is 5.12. The van der Waals surface area contributed by atoms with Crippen LogP contribution in [0.3, 0.4) is 0 Å². The Kier molecular flexibility index (Phi) is 5.40. The first-order valence-electron chi connectivity index (χ1n) is 6.67. The van der Waals surface area contributed by atoms with Crippen LogP contribution in [0.1, 0.15) is 33.6 Å². The van der Waals surface area contributed by atoms with Gasteiger partial charge in [-0.1, -0.05) is 13.8 Å². The monoisotopic (exact) mass is 242 g/mol. The van der Waals surface area contributed by atoms with E-state index in [-0.39, 0.29) is 11.5 Å². The number of carbonyl (C=O) groups is 1. The zero-order valence-corrected chi connectivity index (χ0v) is 11.7. The second kappa shape index (κ2) is 6.36. The molecule has 17 heavy (non-hydrogen) atoms. The number of hydrogen-bond acceptors (Lipinski definition) is 4. The second-order valence-corrected chi connectivity index (χ2v) is 4.87. The van der Waals surface area contributed by atoms with Crippen molar-refractivity contribution < 1.29 is 9.53 Å². The SMILES string of the molecule is CCOC(=O)CC1(N(CC)CC)CCN(C)C1. The van der Waals surface area contributed by atoms with E-state index in [1.54, 1.807) is 0 Å². The summed E-state index contributed by atoms with van der Waals surface area (Å²) >= 11 is 0. The molecule has 1 atom stereocenters. The largest absolute Gasteiger partial charge is 0.466 e. The first kappa shape index (κ1) is 14.5. The van der Waals surface area contributed by atoms with Crippen LogP contribution in [0.25, 0.3) is 0 Å². The number of ether oxygens (including phenoxy) is 1. The minimum absolute atomic E-state index is 0.00942. The van der Waals surface area contributed by atoms with Crippen LogP contribution in [-0.2, 0) is 9.53 Å². The summed E-state index contributed by atoms with van der Waals surface area (Å²) in [5, 5.41) is 0. The number of likely N-dealkylation sites (tertiary alicyclic amines) is 1. The van der Waals surface area contributed by atoms with Crippen molar-refractivity contribution in [3.63, 3.8) is 0 Å². The highest BCUT2D eigenvalue weighted by Crippen LogP contribution is 2.30. The molecule has 0 amide bonds. The van der Waals surface area contributed by atoms with Gasteiger partial charge in [-0.05, 0) is 40.0 Å². The van der Waals surface area contributed by atoms with Gasteiger partial charge in [0.25, 0.3) is 0 Å². The molecule has 4 heteroatoms. The predicted molar refractivity (Wildman–Crippen MR) is 69.0 cm³/mol. The maximum atomic E-state index is 11.8. The van der Waals surface area contributed by atoms with Crippen LogP contribution in [0.2, 0.25) is 0 Å². The average molecular weight is 242 g/mol. The summed E-state index contributed by atoms with van der Waals surface area (Å²) in [6, 6.07) is 0. The van der Waals surface area contributed by atoms with Crippen LogP contribution in [0.15, 0.2) is 0 Å². The Labute approximate surface area is 105 Å². The maximum Gasteiger partial charge on any atom is 0.307 e. The molecule has 1 unspecified atom stereocenters. The molecular weight excluding hydrogens is 216 g/mol. The first-order valence-corrected chi connectivity index (χ1v) is 6.67. The minimum atomic E-state index is -0.0605. The molecule has 1 fully saturated rings. The lowest BCUT2D eigenvalue weighted by atomic mass is 9.91. The van der Waals surface area contributed by atoms with Crippen LogP contribution in [0.4, 0.5) is 0 Å². The highest BCUT2D eigenvalue weighted by Gasteiger charge is 2.42. The van der Waals surface area contributed by atoms with E-state index in [0.717, 1.165) is 32.6 Å². The number of carbonyl (C=O) groups excluding carboxylic acids is 1. The van der Waals surface area contributed by atoms with Gasteiger partial charge in [0, 0.05) is 12.1 Å². The molecule has 1 saturated heterocycles. The molecule has 1 aliphatic heterocycles. The second-order valence-electron chi connectivity index (χ2n) is 4.87. The number of nitrogens with zero attached hydrogens (tertiary/aromatic N) is 2.